The van der Waals surface area contributed by atoms with Crippen molar-refractivity contribution in [1.29, 1.82) is 0 Å². The minimum atomic E-state index is -0.375. The predicted molar refractivity (Wildman–Crippen MR) is 85.7 cm³/mol. The SMILES string of the molecule is Cc1ccc(/C=C/C(=O)NNC(=O)c2ccc(Br)s2)s1. The number of rotatable bonds is 3. The summed E-state index contributed by atoms with van der Waals surface area (Å²) < 4.78 is 0.863. The van der Waals surface area contributed by atoms with E-state index < -0.39 is 0 Å². The molecule has 2 amide bonds. The number of carbonyl (C=O) groups is 2. The predicted octanol–water partition coefficient (Wildman–Crippen LogP) is 3.35. The Kier molecular flexibility index (Phi) is 5.11. The van der Waals surface area contributed by atoms with E-state index in [4.69, 9.17) is 0 Å². The maximum atomic E-state index is 11.7. The third-order valence-corrected chi connectivity index (χ3v) is 4.84. The lowest BCUT2D eigenvalue weighted by atomic mass is 10.4. The van der Waals surface area contributed by atoms with Gasteiger partial charge in [-0.05, 0) is 53.2 Å². The third kappa shape index (κ3) is 4.29. The first kappa shape index (κ1) is 15.0. The molecule has 4 nitrogen and oxygen atoms in total. The fourth-order valence-electron chi connectivity index (χ4n) is 1.36. The lowest BCUT2D eigenvalue weighted by Crippen LogP contribution is -2.40. The summed E-state index contributed by atoms with van der Waals surface area (Å²) in [4.78, 5) is 25.9. The van der Waals surface area contributed by atoms with Gasteiger partial charge in [0.15, 0.2) is 0 Å². The van der Waals surface area contributed by atoms with E-state index in [1.54, 1.807) is 29.5 Å². The molecule has 0 radical (unpaired) electrons. The van der Waals surface area contributed by atoms with E-state index in [1.165, 1.54) is 22.3 Å². The fourth-order valence-corrected chi connectivity index (χ4v) is 3.42. The molecular formula is C13H11BrN2O2S2. The summed E-state index contributed by atoms with van der Waals surface area (Å²) in [7, 11) is 0. The number of hydrogen-bond donors (Lipinski definition) is 2. The molecule has 2 rings (SSSR count). The summed E-state index contributed by atoms with van der Waals surface area (Å²) in [5, 5.41) is 0. The minimum Gasteiger partial charge on any atom is -0.268 e. The van der Waals surface area contributed by atoms with Crippen LogP contribution in [0.3, 0.4) is 0 Å². The van der Waals surface area contributed by atoms with Gasteiger partial charge in [-0.1, -0.05) is 0 Å². The molecule has 7 heteroatoms. The van der Waals surface area contributed by atoms with Crippen LogP contribution in [0.5, 0.6) is 0 Å². The van der Waals surface area contributed by atoms with Crippen molar-refractivity contribution in [2.75, 3.05) is 0 Å². The van der Waals surface area contributed by atoms with E-state index in [0.29, 0.717) is 4.88 Å². The van der Waals surface area contributed by atoms with E-state index in [2.05, 4.69) is 26.8 Å². The average molecular weight is 371 g/mol. The average Bonchev–Trinajstić information content (AvgIpc) is 3.02. The normalized spacial score (nSPS) is 10.7. The van der Waals surface area contributed by atoms with Crippen molar-refractivity contribution < 1.29 is 9.59 Å². The van der Waals surface area contributed by atoms with Gasteiger partial charge in [-0.2, -0.15) is 0 Å². The second-order valence-electron chi connectivity index (χ2n) is 3.83. The molecule has 2 aromatic rings. The first-order valence-electron chi connectivity index (χ1n) is 5.65. The molecule has 20 heavy (non-hydrogen) atoms. The second kappa shape index (κ2) is 6.83. The Balaban J connectivity index is 1.83. The van der Waals surface area contributed by atoms with Crippen LogP contribution >= 0.6 is 38.6 Å². The van der Waals surface area contributed by atoms with E-state index in [9.17, 15) is 9.59 Å². The third-order valence-electron chi connectivity index (χ3n) is 2.26. The highest BCUT2D eigenvalue weighted by atomic mass is 79.9. The van der Waals surface area contributed by atoms with Crippen molar-refractivity contribution in [2.24, 2.45) is 0 Å². The van der Waals surface area contributed by atoms with Gasteiger partial charge in [-0.25, -0.2) is 0 Å². The Labute approximate surface area is 132 Å². The molecule has 0 bridgehead atoms. The molecule has 104 valence electrons. The molecular weight excluding hydrogens is 360 g/mol. The summed E-state index contributed by atoms with van der Waals surface area (Å²) in [6, 6.07) is 7.38. The summed E-state index contributed by atoms with van der Waals surface area (Å²) in [6.07, 6.45) is 3.09. The second-order valence-corrected chi connectivity index (χ2v) is 7.61. The topological polar surface area (TPSA) is 58.2 Å². The maximum absolute atomic E-state index is 11.7. The Morgan fingerprint density at radius 3 is 2.55 bits per heavy atom. The molecule has 0 atom stereocenters. The lowest BCUT2D eigenvalue weighted by molar-refractivity contribution is -0.117. The molecule has 0 aromatic carbocycles. The van der Waals surface area contributed by atoms with E-state index in [1.807, 2.05) is 19.1 Å². The number of nitrogens with one attached hydrogen (secondary N) is 2. The highest BCUT2D eigenvalue weighted by Crippen LogP contribution is 2.21. The van der Waals surface area contributed by atoms with Crippen molar-refractivity contribution in [3.63, 3.8) is 0 Å². The first-order chi connectivity index (χ1) is 9.54. The number of hydrazine groups is 1. The van der Waals surface area contributed by atoms with Crippen LogP contribution in [0.2, 0.25) is 0 Å². The Hall–Kier alpha value is -1.44. The largest absolute Gasteiger partial charge is 0.279 e. The van der Waals surface area contributed by atoms with Gasteiger partial charge in [-0.3, -0.25) is 20.4 Å². The number of thiophene rings is 2. The standard InChI is InChI=1S/C13H11BrN2O2S2/c1-8-2-3-9(19-8)4-7-12(17)15-16-13(18)10-5-6-11(14)20-10/h2-7H,1H3,(H,15,17)(H,16,18)/b7-4+. The fraction of sp³-hybridized carbons (Fsp3) is 0.0769. The quantitative estimate of drug-likeness (QED) is 0.642. The van der Waals surface area contributed by atoms with E-state index in [-0.39, 0.29) is 11.8 Å². The Morgan fingerprint density at radius 2 is 1.95 bits per heavy atom. The highest BCUT2D eigenvalue weighted by molar-refractivity contribution is 9.11. The Morgan fingerprint density at radius 1 is 1.15 bits per heavy atom. The van der Waals surface area contributed by atoms with Gasteiger partial charge in [0.25, 0.3) is 11.8 Å². The van der Waals surface area contributed by atoms with Crippen LogP contribution < -0.4 is 10.9 Å². The van der Waals surface area contributed by atoms with Crippen LogP contribution in [-0.2, 0) is 4.79 Å². The monoisotopic (exact) mass is 370 g/mol. The van der Waals surface area contributed by atoms with Crippen molar-refractivity contribution in [3.8, 4) is 0 Å². The number of halogens is 1. The number of carbonyl (C=O) groups excluding carboxylic acids is 2. The van der Waals surface area contributed by atoms with Crippen molar-refractivity contribution in [3.05, 3.63) is 48.8 Å². The summed E-state index contributed by atoms with van der Waals surface area (Å²) in [5.74, 6) is -0.713. The van der Waals surface area contributed by atoms with Gasteiger partial charge in [-0.15, -0.1) is 22.7 Å². The first-order valence-corrected chi connectivity index (χ1v) is 8.07. The molecule has 0 aliphatic carbocycles. The molecule has 0 spiro atoms. The zero-order chi connectivity index (χ0) is 14.5. The molecule has 0 unspecified atom stereocenters. The highest BCUT2D eigenvalue weighted by Gasteiger charge is 2.08. The van der Waals surface area contributed by atoms with Crippen molar-refractivity contribution in [1.82, 2.24) is 10.9 Å². The summed E-state index contributed by atoms with van der Waals surface area (Å²) in [5.41, 5.74) is 4.69. The molecule has 2 N–H and O–H groups in total. The zero-order valence-electron chi connectivity index (χ0n) is 10.5. The molecule has 2 aromatic heterocycles. The van der Waals surface area contributed by atoms with Crippen molar-refractivity contribution >= 4 is 56.5 Å². The number of hydrogen-bond acceptors (Lipinski definition) is 4. The van der Waals surface area contributed by atoms with Crippen molar-refractivity contribution in [2.45, 2.75) is 6.92 Å². The van der Waals surface area contributed by atoms with E-state index in [0.717, 1.165) is 8.66 Å². The molecule has 0 saturated heterocycles. The van der Waals surface area contributed by atoms with Gasteiger partial charge in [0.05, 0.1) is 8.66 Å². The molecule has 0 saturated carbocycles. The number of amides is 2. The summed E-state index contributed by atoms with van der Waals surface area (Å²) in [6.45, 7) is 2.00. The number of aryl methyl sites for hydroxylation is 1. The van der Waals surface area contributed by atoms with Gasteiger partial charge in [0, 0.05) is 15.8 Å². The van der Waals surface area contributed by atoms with Crippen LogP contribution in [0.1, 0.15) is 19.4 Å². The smallest absolute Gasteiger partial charge is 0.268 e. The molecule has 0 aliphatic rings. The van der Waals surface area contributed by atoms with Gasteiger partial charge in [0.2, 0.25) is 0 Å². The van der Waals surface area contributed by atoms with Crippen LogP contribution in [-0.4, -0.2) is 11.8 Å². The molecule has 2 heterocycles. The maximum Gasteiger partial charge on any atom is 0.279 e. The van der Waals surface area contributed by atoms with E-state index >= 15 is 0 Å². The van der Waals surface area contributed by atoms with Crippen LogP contribution in [0.25, 0.3) is 6.08 Å². The molecule has 0 fully saturated rings. The summed E-state index contributed by atoms with van der Waals surface area (Å²) >= 11 is 6.17. The lowest BCUT2D eigenvalue weighted by Gasteiger charge is -2.02. The van der Waals surface area contributed by atoms with Crippen LogP contribution in [0, 0.1) is 6.92 Å². The van der Waals surface area contributed by atoms with Gasteiger partial charge < -0.3 is 0 Å². The van der Waals surface area contributed by atoms with Gasteiger partial charge in [0.1, 0.15) is 0 Å². The minimum absolute atomic E-state index is 0.339. The molecule has 0 aliphatic heterocycles. The zero-order valence-corrected chi connectivity index (χ0v) is 13.7. The van der Waals surface area contributed by atoms with Crippen LogP contribution in [0.4, 0.5) is 0 Å². The van der Waals surface area contributed by atoms with Gasteiger partial charge >= 0.3 is 0 Å². The van der Waals surface area contributed by atoms with Crippen LogP contribution in [0.15, 0.2) is 34.1 Å². The Bertz CT molecular complexity index is 661.